The molecule has 8 atom stereocenters. The molecule has 2 aliphatic carbocycles. The molecule has 0 saturated heterocycles. The molecule has 0 bridgehead atoms. The van der Waals surface area contributed by atoms with Crippen LogP contribution in [0.4, 0.5) is 0 Å². The molecule has 46 heteroatoms. The van der Waals surface area contributed by atoms with E-state index in [1.807, 2.05) is 12.1 Å². The molecule has 148 heavy (non-hydrogen) atoms. The molecular formula is C102H144B16N16O14. The lowest BCUT2D eigenvalue weighted by molar-refractivity contribution is -0.134. The molecule has 0 spiro atoms. The smallest absolute Gasteiger partial charge is 0.244 e. The number of carbonyl (C=O) groups is 14. The predicted molar refractivity (Wildman–Crippen MR) is 618 cm³/mol. The second-order valence-electron chi connectivity index (χ2n) is 35.2. The van der Waals surface area contributed by atoms with Crippen LogP contribution in [0.5, 0.6) is 0 Å². The van der Waals surface area contributed by atoms with Crippen LogP contribution in [0.1, 0.15) is 254 Å². The standard InChI is InChI=1S/2C42H56N8O7.2C8H6.2CH4.2B8.6H2/c2*43-38(54)33-15-7-8-22-46-40(56)34(25-28-16-18-30(19-17-28)37(53)29-12-5-2-6-13-29)50-41(57)35(24-27-10-3-1-4-11-27)49-39(55)31(14-9-23-47-42(44)45)26-32(51)20-21-36(52)48-33;2*1-3-5-7-8-6-4-2;;;2*1-6(2)8(5)7(3)4;;;;;;/h2*2,5-6,12-13,16-21,27,31,33-35H,1,3-4,7-11,14-15,22-26H2,(H2,43,54)(H,46,56)(H,48,52)(H,49,55)(H,50,57)(H4,44,45,47);2*1-2H3;2*1H4;;;6*1H/t2*31-,33?,34?,35+;;;;;;;;;;;;/m11............/s1/i;;;;;;;;4*1+1D;2*1+1. The van der Waals surface area contributed by atoms with E-state index in [4.69, 9.17) is 124 Å². The van der Waals surface area contributed by atoms with Crippen LogP contribution in [0.15, 0.2) is 143 Å². The summed E-state index contributed by atoms with van der Waals surface area (Å²) in [6, 6.07) is 25.3. The van der Waals surface area contributed by atoms with E-state index in [0.717, 1.165) is 88.5 Å². The fourth-order valence-electron chi connectivity index (χ4n) is 15.3. The predicted octanol–water partition coefficient (Wildman–Crippen LogP) is 2.44. The molecule has 20 N–H and O–H groups in total. The molecular weight excluding hydrogens is 1850 g/mol. The summed E-state index contributed by atoms with van der Waals surface area (Å²) < 4.78 is 40.0. The van der Waals surface area contributed by atoms with E-state index in [1.54, 1.807) is 125 Å². The van der Waals surface area contributed by atoms with Crippen LogP contribution in [0.3, 0.4) is 0 Å². The number of primary amides is 2. The molecule has 4 aromatic carbocycles. The van der Waals surface area contributed by atoms with Crippen molar-refractivity contribution >= 4 is 210 Å². The Kier molecular flexibility index (Phi) is 65.2. The molecule has 4 aliphatic rings. The zero-order valence-electron chi connectivity index (χ0n) is 92.0. The zero-order valence-corrected chi connectivity index (χ0v) is 84.0. The van der Waals surface area contributed by atoms with Crippen LogP contribution in [0, 0.1) is 94.7 Å². The van der Waals surface area contributed by atoms with E-state index in [0.29, 0.717) is 84.7 Å². The average molecular weight is 2000 g/mol. The van der Waals surface area contributed by atoms with E-state index in [1.165, 1.54) is 0 Å². The first-order valence-electron chi connectivity index (χ1n) is 52.8. The number of hydrogen-bond acceptors (Lipinski definition) is 16. The third-order valence-electron chi connectivity index (χ3n) is 23.4. The highest BCUT2D eigenvalue weighted by molar-refractivity contribution is 7.90. The van der Waals surface area contributed by atoms with Gasteiger partial charge >= 0.3 is 0 Å². The first kappa shape index (κ1) is 125. The van der Waals surface area contributed by atoms with Crippen molar-refractivity contribution in [3.63, 3.8) is 0 Å². The lowest BCUT2D eigenvalue weighted by Crippen LogP contribution is -2.55. The highest BCUT2D eigenvalue weighted by Crippen LogP contribution is 2.30. The number of amides is 10. The average Bonchev–Trinajstić information content (AvgIpc) is 0.846. The highest BCUT2D eigenvalue weighted by Gasteiger charge is 2.36. The summed E-state index contributed by atoms with van der Waals surface area (Å²) in [5.74, 6) is 22.0. The number of carbonyl (C=O) groups excluding carboxylic acids is 14. The zero-order chi connectivity index (χ0) is 116. The number of nitrogens with zero attached hydrogens (tertiary/aromatic N) is 2. The van der Waals surface area contributed by atoms with Crippen molar-refractivity contribution in [1.29, 1.82) is 0 Å². The second kappa shape index (κ2) is 77.1. The fraction of sp³-hybridized carbons (Fsp3) is 0.451. The van der Waals surface area contributed by atoms with Crippen molar-refractivity contribution in [2.45, 2.75) is 246 Å². The number of allylic oxidation sites excluding steroid dienone is 2. The summed E-state index contributed by atoms with van der Waals surface area (Å²) in [6.45, 7) is 7.79. The molecule has 2 saturated carbocycles. The monoisotopic (exact) mass is 2000 g/mol. The molecule has 30 nitrogen and oxygen atoms in total. The Balaban J connectivity index is -0.000000532. The lowest BCUT2D eigenvalue weighted by Gasteiger charge is -2.29. The minimum absolute atomic E-state index is 0. The number of guanidine groups is 2. The van der Waals surface area contributed by atoms with Gasteiger partial charge in [0.2, 0.25) is 59.1 Å². The largest absolute Gasteiger partial charge is 0.370 e. The van der Waals surface area contributed by atoms with Crippen molar-refractivity contribution in [3.05, 3.63) is 167 Å². The van der Waals surface area contributed by atoms with Gasteiger partial charge in [-0.25, -0.2) is 0 Å². The van der Waals surface area contributed by atoms with Gasteiger partial charge in [-0.2, -0.15) is 0 Å². The first-order chi connectivity index (χ1) is 73.7. The summed E-state index contributed by atoms with van der Waals surface area (Å²) in [6.07, 6.45) is 13.8. The SMILES string of the molecule is C.C.CC#CC#CC#CC.CC#CC#CC#CC.NC(=O)C1CCCCNC(=O)C(Cc2ccc(C(=O)c3ccccc3)cc2)NC(=O)[C@H](CC2CCCCC2)NC(=O)[C@H](CCCN=C(N)N)CC(=O)C=CC(=O)N1.NC(=O)C1CCCCNC(=O)C(Cc2ccc(C(=O)c3ccccc3)cc2)NC(=O)[C@H](CC2CCCCC2)NC(=O)[C@H](CCCN=C(N)N)CC(=O)C=CC(=O)N1.[2HH].[2HH].[2H][2H].[2H][2H].[2H][2H].[2H][2H].[B]B([B])B([B])B([B])[B].[B]B([B])B([B])B([B])[B]. The van der Waals surface area contributed by atoms with Crippen molar-refractivity contribution in [1.82, 2.24) is 42.5 Å². The van der Waals surface area contributed by atoms with Gasteiger partial charge in [0.15, 0.2) is 35.1 Å². The molecule has 2 fully saturated rings. The van der Waals surface area contributed by atoms with Crippen LogP contribution >= 0.6 is 0 Å². The van der Waals surface area contributed by atoms with E-state index in [2.05, 4.69) is 124 Å². The number of nitrogens with one attached hydrogen (secondary N) is 8. The summed E-state index contributed by atoms with van der Waals surface area (Å²) in [5.41, 5.74) is 36.4. The van der Waals surface area contributed by atoms with Gasteiger partial charge < -0.3 is 76.9 Å². The molecule has 764 valence electrons. The lowest BCUT2D eigenvalue weighted by atomic mass is 8.68. The maximum Gasteiger partial charge on any atom is 0.244 e. The Morgan fingerprint density at radius 1 is 0.358 bits per heavy atom. The van der Waals surface area contributed by atoms with Crippen LogP contribution in [-0.2, 0) is 70.4 Å². The van der Waals surface area contributed by atoms with Gasteiger partial charge in [-0.3, -0.25) is 77.1 Å². The van der Waals surface area contributed by atoms with E-state index >= 15 is 0 Å². The molecule has 20 radical (unpaired) electrons. The Hall–Kier alpha value is -13.3. The van der Waals surface area contributed by atoms with Crippen LogP contribution in [0.25, 0.3) is 0 Å². The molecule has 10 amide bonds. The van der Waals surface area contributed by atoms with Crippen LogP contribution < -0.4 is 76.9 Å². The minimum Gasteiger partial charge on any atom is -0.370 e. The number of nitrogens with two attached hydrogens (primary N) is 6. The third-order valence-corrected chi connectivity index (χ3v) is 23.4. The molecule has 2 aliphatic heterocycles. The second-order valence-corrected chi connectivity index (χ2v) is 35.2. The Labute approximate surface area is 907 Å². The minimum atomic E-state index is -1.05. The van der Waals surface area contributed by atoms with Gasteiger partial charge in [0.05, 0.1) is 0 Å². The Bertz CT molecular complexity index is 5090. The van der Waals surface area contributed by atoms with E-state index in [-0.39, 0.29) is 131 Å². The van der Waals surface area contributed by atoms with Gasteiger partial charge in [-0.05, 0) is 187 Å². The topological polar surface area (TPSA) is 516 Å². The maximum absolute atomic E-state index is 14.2. The maximum atomic E-state index is 14.2. The van der Waals surface area contributed by atoms with Crippen LogP contribution in [0.2, 0.25) is 0 Å². The molecule has 2 heterocycles. The van der Waals surface area contributed by atoms with Crippen molar-refractivity contribution in [2.24, 2.45) is 68.1 Å². The molecule has 4 unspecified atom stereocenters. The first-order valence-corrected chi connectivity index (χ1v) is 48.8. The van der Waals surface area contributed by atoms with Crippen LogP contribution in [-0.4, -0.2) is 272 Å². The van der Waals surface area contributed by atoms with E-state index in [9.17, 15) is 67.1 Å². The van der Waals surface area contributed by atoms with Gasteiger partial charge in [-0.15, -0.1) is 0 Å². The van der Waals surface area contributed by atoms with Gasteiger partial charge in [0, 0.05) is 229 Å². The van der Waals surface area contributed by atoms with Crippen molar-refractivity contribution < 1.29 is 81.9 Å². The number of rotatable bonds is 26. The molecule has 4 aromatic rings. The number of aliphatic imine (C=N–C) groups is 2. The number of ketones is 4. The number of hydrogen-bond donors (Lipinski definition) is 14. The summed E-state index contributed by atoms with van der Waals surface area (Å²) in [7, 11) is 51.6. The Morgan fingerprint density at radius 2 is 0.649 bits per heavy atom. The van der Waals surface area contributed by atoms with Gasteiger partial charge in [-0.1, -0.05) is 212 Å². The fourth-order valence-corrected chi connectivity index (χ4v) is 15.3. The van der Waals surface area contributed by atoms with Gasteiger partial charge in [0.25, 0.3) is 0 Å². The molecule has 0 aromatic heterocycles. The van der Waals surface area contributed by atoms with Gasteiger partial charge in [0.1, 0.15) is 36.3 Å². The van der Waals surface area contributed by atoms with Crippen molar-refractivity contribution in [2.75, 3.05) is 26.2 Å². The van der Waals surface area contributed by atoms with E-state index < -0.39 is 157 Å². The quantitative estimate of drug-likeness (QED) is 0.0107. The summed E-state index contributed by atoms with van der Waals surface area (Å²) >= 11 is 0. The molecule has 8 rings (SSSR count). The highest BCUT2D eigenvalue weighted by atomic mass is 16.2. The Morgan fingerprint density at radius 3 is 0.926 bits per heavy atom. The summed E-state index contributed by atoms with van der Waals surface area (Å²) in [4.78, 5) is 194. The summed E-state index contributed by atoms with van der Waals surface area (Å²) in [5, 5.41) is 22.4. The van der Waals surface area contributed by atoms with Crippen molar-refractivity contribution in [3.8, 4) is 71.0 Å². The number of benzene rings is 4. The normalized spacial score (nSPS) is 18.6. The third kappa shape index (κ3) is 57.1.